The number of rotatable bonds is 0. The molecule has 4 heteroatoms. The van der Waals surface area contributed by atoms with Gasteiger partial charge in [-0.2, -0.15) is 0 Å². The third-order valence-electron chi connectivity index (χ3n) is 1.61. The van der Waals surface area contributed by atoms with Crippen LogP contribution in [0.4, 0.5) is 0 Å². The monoisotopic (exact) mass is 185 g/mol. The van der Waals surface area contributed by atoms with E-state index in [1.165, 1.54) is 6.07 Å². The van der Waals surface area contributed by atoms with Crippen molar-refractivity contribution in [2.45, 2.75) is 13.8 Å². The molecular formula is C8H8ClNO2. The summed E-state index contributed by atoms with van der Waals surface area (Å²) in [7, 11) is 0. The Balaban J connectivity index is 3.81. The van der Waals surface area contributed by atoms with Crippen molar-refractivity contribution in [2.24, 2.45) is 0 Å². The zero-order valence-electron chi connectivity index (χ0n) is 6.77. The Morgan fingerprint density at radius 3 is 2.50 bits per heavy atom. The summed E-state index contributed by atoms with van der Waals surface area (Å²) in [5.41, 5.74) is 0.220. The molecule has 3 nitrogen and oxygen atoms in total. The minimum Gasteiger partial charge on any atom is -0.313 e. The number of halogens is 1. The van der Waals surface area contributed by atoms with Gasteiger partial charge < -0.3 is 4.98 Å². The number of hydrogen-bond acceptors (Lipinski definition) is 2. The number of aromatic amines is 1. The molecule has 0 radical (unpaired) electrons. The minimum atomic E-state index is -0.359. The summed E-state index contributed by atoms with van der Waals surface area (Å²) >= 11 is 5.62. The summed E-state index contributed by atoms with van der Waals surface area (Å²) < 4.78 is 0. The molecule has 1 aromatic heterocycles. The number of aryl methyl sites for hydroxylation is 1. The summed E-state index contributed by atoms with van der Waals surface area (Å²) in [6, 6.07) is 1.24. The van der Waals surface area contributed by atoms with Crippen LogP contribution in [0.5, 0.6) is 0 Å². The lowest BCUT2D eigenvalue weighted by molar-refractivity contribution is 1.24. The van der Waals surface area contributed by atoms with E-state index < -0.39 is 0 Å². The van der Waals surface area contributed by atoms with E-state index in [1.807, 2.05) is 0 Å². The lowest BCUT2D eigenvalue weighted by Gasteiger charge is -1.86. The average molecular weight is 186 g/mol. The molecule has 0 bridgehead atoms. The molecule has 0 unspecified atom stereocenters. The highest BCUT2D eigenvalue weighted by atomic mass is 35.5. The van der Waals surface area contributed by atoms with Crippen molar-refractivity contribution in [3.63, 3.8) is 0 Å². The van der Waals surface area contributed by atoms with E-state index in [0.29, 0.717) is 11.1 Å². The van der Waals surface area contributed by atoms with Gasteiger partial charge in [-0.25, -0.2) is 0 Å². The Morgan fingerprint density at radius 1 is 1.33 bits per heavy atom. The van der Waals surface area contributed by atoms with E-state index in [2.05, 4.69) is 4.98 Å². The molecule has 0 saturated heterocycles. The highest BCUT2D eigenvalue weighted by Gasteiger charge is 2.01. The predicted octanol–water partition coefficient (Wildman–Crippen LogP) is 1.01. The molecule has 0 aliphatic rings. The van der Waals surface area contributed by atoms with Crippen LogP contribution in [0.25, 0.3) is 0 Å². The maximum absolute atomic E-state index is 11.3. The Morgan fingerprint density at radius 2 is 1.92 bits per heavy atom. The molecule has 1 aromatic rings. The molecule has 0 amide bonds. The minimum absolute atomic E-state index is 0.109. The molecule has 1 rings (SSSR count). The van der Waals surface area contributed by atoms with Gasteiger partial charge in [-0.05, 0) is 13.8 Å². The van der Waals surface area contributed by atoms with Gasteiger partial charge in [0.1, 0.15) is 5.15 Å². The fourth-order valence-electron chi connectivity index (χ4n) is 0.896. The zero-order chi connectivity index (χ0) is 9.30. The first-order chi connectivity index (χ1) is 5.52. The standard InChI is InChI=1S/C8H8ClNO2/c1-4-3-6(11)10-8(9)5(2)7(4)12/h3H,1-2H3,(H,10,11). The summed E-state index contributed by atoms with van der Waals surface area (Å²) in [5, 5.41) is 0.109. The van der Waals surface area contributed by atoms with Crippen LogP contribution in [0.1, 0.15) is 11.1 Å². The van der Waals surface area contributed by atoms with Crippen LogP contribution in [0.2, 0.25) is 5.15 Å². The fourth-order valence-corrected chi connectivity index (χ4v) is 1.07. The van der Waals surface area contributed by atoms with E-state index in [0.717, 1.165) is 0 Å². The normalized spacial score (nSPS) is 9.92. The SMILES string of the molecule is Cc1cc(=O)[nH]c(Cl)c(C)c1=O. The van der Waals surface area contributed by atoms with Gasteiger partial charge in [0.25, 0.3) is 0 Å². The molecule has 64 valence electrons. The van der Waals surface area contributed by atoms with Gasteiger partial charge in [-0.3, -0.25) is 9.59 Å². The van der Waals surface area contributed by atoms with Crippen LogP contribution < -0.4 is 11.0 Å². The van der Waals surface area contributed by atoms with Crippen molar-refractivity contribution in [3.8, 4) is 0 Å². The van der Waals surface area contributed by atoms with Crippen molar-refractivity contribution in [1.29, 1.82) is 0 Å². The smallest absolute Gasteiger partial charge is 0.249 e. The second-order valence-electron chi connectivity index (χ2n) is 2.58. The average Bonchev–Trinajstić information content (AvgIpc) is 2.05. The van der Waals surface area contributed by atoms with Gasteiger partial charge in [-0.1, -0.05) is 11.6 Å². The van der Waals surface area contributed by atoms with Crippen LogP contribution in [0.15, 0.2) is 15.7 Å². The fraction of sp³-hybridized carbons (Fsp3) is 0.250. The number of H-pyrrole nitrogens is 1. The lowest BCUT2D eigenvalue weighted by atomic mass is 10.2. The van der Waals surface area contributed by atoms with Gasteiger partial charge in [0.15, 0.2) is 5.43 Å². The third-order valence-corrected chi connectivity index (χ3v) is 1.99. The molecule has 1 heterocycles. The van der Waals surface area contributed by atoms with Crippen LogP contribution in [0, 0.1) is 13.8 Å². The van der Waals surface area contributed by atoms with Crippen LogP contribution in [-0.2, 0) is 0 Å². The third kappa shape index (κ3) is 1.56. The maximum Gasteiger partial charge on any atom is 0.249 e. The molecule has 0 atom stereocenters. The van der Waals surface area contributed by atoms with Crippen LogP contribution >= 0.6 is 11.6 Å². The predicted molar refractivity (Wildman–Crippen MR) is 47.8 cm³/mol. The molecule has 1 N–H and O–H groups in total. The van der Waals surface area contributed by atoms with E-state index in [1.54, 1.807) is 13.8 Å². The second kappa shape index (κ2) is 3.11. The van der Waals surface area contributed by atoms with E-state index in [-0.39, 0.29) is 16.1 Å². The number of nitrogens with one attached hydrogen (secondary N) is 1. The summed E-state index contributed by atoms with van der Waals surface area (Å²) in [6.45, 7) is 3.16. The first kappa shape index (κ1) is 9.00. The maximum atomic E-state index is 11.3. The Hall–Kier alpha value is -1.09. The van der Waals surface area contributed by atoms with Gasteiger partial charge in [0, 0.05) is 17.2 Å². The lowest BCUT2D eigenvalue weighted by Crippen LogP contribution is -2.05. The van der Waals surface area contributed by atoms with Crippen LogP contribution in [-0.4, -0.2) is 4.98 Å². The van der Waals surface area contributed by atoms with E-state index in [4.69, 9.17) is 11.6 Å². The quantitative estimate of drug-likeness (QED) is 0.656. The molecule has 0 aliphatic carbocycles. The molecule has 0 spiro atoms. The van der Waals surface area contributed by atoms with E-state index in [9.17, 15) is 9.59 Å². The molecule has 0 aromatic carbocycles. The van der Waals surface area contributed by atoms with Crippen molar-refractivity contribution >= 4 is 11.6 Å². The van der Waals surface area contributed by atoms with Gasteiger partial charge in [0.2, 0.25) is 5.56 Å². The summed E-state index contributed by atoms with van der Waals surface area (Å²) in [4.78, 5) is 24.6. The van der Waals surface area contributed by atoms with Crippen molar-refractivity contribution in [1.82, 2.24) is 4.98 Å². The van der Waals surface area contributed by atoms with Crippen LogP contribution in [0.3, 0.4) is 0 Å². The number of hydrogen-bond donors (Lipinski definition) is 1. The second-order valence-corrected chi connectivity index (χ2v) is 2.96. The largest absolute Gasteiger partial charge is 0.313 e. The topological polar surface area (TPSA) is 49.9 Å². The summed E-state index contributed by atoms with van der Waals surface area (Å²) in [6.07, 6.45) is 0. The summed E-state index contributed by atoms with van der Waals surface area (Å²) in [5.74, 6) is 0. The Labute approximate surface area is 74.0 Å². The Bertz CT molecular complexity index is 422. The highest BCUT2D eigenvalue weighted by molar-refractivity contribution is 6.30. The number of aromatic nitrogens is 1. The van der Waals surface area contributed by atoms with Gasteiger partial charge in [0.05, 0.1) is 0 Å². The first-order valence-electron chi connectivity index (χ1n) is 3.42. The van der Waals surface area contributed by atoms with Crippen molar-refractivity contribution in [2.75, 3.05) is 0 Å². The van der Waals surface area contributed by atoms with Crippen molar-refractivity contribution < 1.29 is 0 Å². The highest BCUT2D eigenvalue weighted by Crippen LogP contribution is 2.03. The molecule has 0 saturated carbocycles. The molecule has 12 heavy (non-hydrogen) atoms. The van der Waals surface area contributed by atoms with Gasteiger partial charge in [-0.15, -0.1) is 0 Å². The first-order valence-corrected chi connectivity index (χ1v) is 3.80. The molecular weight excluding hydrogens is 178 g/mol. The van der Waals surface area contributed by atoms with Crippen molar-refractivity contribution in [3.05, 3.63) is 42.9 Å². The molecule has 0 aliphatic heterocycles. The van der Waals surface area contributed by atoms with E-state index >= 15 is 0 Å². The Kier molecular flexibility index (Phi) is 2.33. The zero-order valence-corrected chi connectivity index (χ0v) is 7.53. The molecule has 0 fully saturated rings. The van der Waals surface area contributed by atoms with Gasteiger partial charge >= 0.3 is 0 Å².